The molecular formula is C10H12BrNO2S. The maximum atomic E-state index is 11.1. The Bertz CT molecular complexity index is 330. The second-order valence-corrected chi connectivity index (χ2v) is 4.75. The summed E-state index contributed by atoms with van der Waals surface area (Å²) < 4.78 is 0. The van der Waals surface area contributed by atoms with Gasteiger partial charge in [-0.05, 0) is 12.1 Å². The molecule has 1 N–H and O–H groups in total. The maximum absolute atomic E-state index is 11.1. The first kappa shape index (κ1) is 12.4. The van der Waals surface area contributed by atoms with Crippen LogP contribution in [0, 0.1) is 0 Å². The average Bonchev–Trinajstić information content (AvgIpc) is 2.65. The molecule has 0 unspecified atom stereocenters. The number of alkyl halides is 1. The number of hydrogen-bond acceptors (Lipinski definition) is 3. The normalized spacial score (nSPS) is 10.0. The number of thiophene rings is 1. The number of amides is 1. The minimum Gasteiger partial charge on any atom is -0.318 e. The van der Waals surface area contributed by atoms with Crippen molar-refractivity contribution >= 4 is 44.0 Å². The molecule has 0 aliphatic rings. The van der Waals surface area contributed by atoms with E-state index in [-0.39, 0.29) is 11.7 Å². The van der Waals surface area contributed by atoms with Crippen LogP contribution in [0.2, 0.25) is 0 Å². The van der Waals surface area contributed by atoms with E-state index in [2.05, 4.69) is 21.2 Å². The summed E-state index contributed by atoms with van der Waals surface area (Å²) in [5, 5.41) is 3.94. The zero-order valence-electron chi connectivity index (χ0n) is 8.38. The largest absolute Gasteiger partial charge is 0.318 e. The molecule has 0 fully saturated rings. The predicted molar refractivity (Wildman–Crippen MR) is 65.7 cm³/mol. The summed E-state index contributed by atoms with van der Waals surface area (Å²) in [6, 6.07) is 3.70. The van der Waals surface area contributed by atoms with Gasteiger partial charge >= 0.3 is 0 Å². The third-order valence-electron chi connectivity index (χ3n) is 1.77. The van der Waals surface area contributed by atoms with Gasteiger partial charge in [0.05, 0.1) is 10.3 Å². The fourth-order valence-electron chi connectivity index (χ4n) is 1.01. The van der Waals surface area contributed by atoms with E-state index in [1.807, 2.05) is 12.1 Å². The third-order valence-corrected chi connectivity index (χ3v) is 3.39. The molecule has 0 aliphatic carbocycles. The molecule has 1 amide bonds. The number of Topliss-reactive ketones (excluding diaryl/α,β-unsaturated/α-hetero) is 1. The number of carbonyl (C=O) groups is 2. The van der Waals surface area contributed by atoms with Crippen LogP contribution in [0.15, 0.2) is 12.1 Å². The fourth-order valence-corrected chi connectivity index (χ4v) is 2.16. The lowest BCUT2D eigenvalue weighted by Crippen LogP contribution is -2.07. The Kier molecular flexibility index (Phi) is 4.98. The Labute approximate surface area is 101 Å². The highest BCUT2D eigenvalue weighted by Crippen LogP contribution is 2.22. The smallest absolute Gasteiger partial charge is 0.224 e. The standard InChI is InChI=1S/C10H12BrNO2S/c1-2-9(14)12-10-4-3-8(15-10)5-7(13)6-11/h3-4H,2,5-6H2,1H3,(H,12,14). The van der Waals surface area contributed by atoms with Crippen LogP contribution in [-0.4, -0.2) is 17.0 Å². The van der Waals surface area contributed by atoms with Gasteiger partial charge in [0.25, 0.3) is 0 Å². The molecule has 0 atom stereocenters. The molecule has 1 heterocycles. The zero-order chi connectivity index (χ0) is 11.3. The number of carbonyl (C=O) groups excluding carboxylic acids is 2. The molecule has 82 valence electrons. The molecule has 1 aromatic heterocycles. The van der Waals surface area contributed by atoms with Gasteiger partial charge in [0, 0.05) is 17.7 Å². The molecule has 1 aromatic rings. The van der Waals surface area contributed by atoms with Gasteiger partial charge in [-0.25, -0.2) is 0 Å². The monoisotopic (exact) mass is 289 g/mol. The van der Waals surface area contributed by atoms with Crippen LogP contribution in [0.3, 0.4) is 0 Å². The van der Waals surface area contributed by atoms with Crippen molar-refractivity contribution in [1.29, 1.82) is 0 Å². The Morgan fingerprint density at radius 3 is 2.80 bits per heavy atom. The number of rotatable bonds is 5. The van der Waals surface area contributed by atoms with Gasteiger partial charge in [-0.2, -0.15) is 0 Å². The Morgan fingerprint density at radius 2 is 2.20 bits per heavy atom. The van der Waals surface area contributed by atoms with Crippen molar-refractivity contribution in [1.82, 2.24) is 0 Å². The maximum Gasteiger partial charge on any atom is 0.224 e. The van der Waals surface area contributed by atoms with Gasteiger partial charge in [0.2, 0.25) is 5.91 Å². The minimum absolute atomic E-state index is 0.00443. The van der Waals surface area contributed by atoms with E-state index in [1.165, 1.54) is 11.3 Å². The van der Waals surface area contributed by atoms with Crippen LogP contribution in [0.5, 0.6) is 0 Å². The summed E-state index contributed by atoms with van der Waals surface area (Å²) in [6.07, 6.45) is 0.894. The van der Waals surface area contributed by atoms with Crippen molar-refractivity contribution < 1.29 is 9.59 Å². The molecule has 0 saturated heterocycles. The van der Waals surface area contributed by atoms with E-state index in [9.17, 15) is 9.59 Å². The van der Waals surface area contributed by atoms with Crippen LogP contribution in [0.1, 0.15) is 18.2 Å². The van der Waals surface area contributed by atoms with Crippen LogP contribution in [0.25, 0.3) is 0 Å². The van der Waals surface area contributed by atoms with Crippen molar-refractivity contribution in [3.05, 3.63) is 17.0 Å². The van der Waals surface area contributed by atoms with E-state index in [0.29, 0.717) is 18.2 Å². The van der Waals surface area contributed by atoms with Gasteiger partial charge in [-0.1, -0.05) is 22.9 Å². The molecule has 3 nitrogen and oxygen atoms in total. The highest BCUT2D eigenvalue weighted by atomic mass is 79.9. The first-order valence-electron chi connectivity index (χ1n) is 4.62. The van der Waals surface area contributed by atoms with Gasteiger partial charge in [-0.3, -0.25) is 9.59 Å². The van der Waals surface area contributed by atoms with Crippen molar-refractivity contribution in [2.45, 2.75) is 19.8 Å². The molecule has 5 heteroatoms. The Hall–Kier alpha value is -0.680. The van der Waals surface area contributed by atoms with Crippen LogP contribution in [0.4, 0.5) is 5.00 Å². The summed E-state index contributed by atoms with van der Waals surface area (Å²) in [5.74, 6) is 0.139. The SMILES string of the molecule is CCC(=O)Nc1ccc(CC(=O)CBr)s1. The minimum atomic E-state index is -0.00443. The lowest BCUT2D eigenvalue weighted by molar-refractivity contribution is -0.116. The van der Waals surface area contributed by atoms with E-state index in [0.717, 1.165) is 9.88 Å². The molecule has 0 radical (unpaired) electrons. The first-order chi connectivity index (χ1) is 7.15. The number of anilines is 1. The highest BCUT2D eigenvalue weighted by molar-refractivity contribution is 9.09. The van der Waals surface area contributed by atoms with E-state index < -0.39 is 0 Å². The number of hydrogen-bond donors (Lipinski definition) is 1. The summed E-state index contributed by atoms with van der Waals surface area (Å²) in [5.41, 5.74) is 0. The number of halogens is 1. The van der Waals surface area contributed by atoms with E-state index >= 15 is 0 Å². The van der Waals surface area contributed by atoms with Gasteiger partial charge < -0.3 is 5.32 Å². The van der Waals surface area contributed by atoms with Crippen LogP contribution < -0.4 is 5.32 Å². The Balaban J connectivity index is 2.56. The van der Waals surface area contributed by atoms with Gasteiger partial charge in [-0.15, -0.1) is 11.3 Å². The molecular weight excluding hydrogens is 278 g/mol. The summed E-state index contributed by atoms with van der Waals surface area (Å²) in [4.78, 5) is 23.2. The molecule has 0 spiro atoms. The summed E-state index contributed by atoms with van der Waals surface area (Å²) >= 11 is 4.56. The predicted octanol–water partition coefficient (Wildman–Crippen LogP) is 2.60. The highest BCUT2D eigenvalue weighted by Gasteiger charge is 2.06. The van der Waals surface area contributed by atoms with Crippen LogP contribution in [-0.2, 0) is 16.0 Å². The zero-order valence-corrected chi connectivity index (χ0v) is 10.8. The van der Waals surface area contributed by atoms with E-state index in [1.54, 1.807) is 6.92 Å². The third kappa shape index (κ3) is 4.13. The van der Waals surface area contributed by atoms with Crippen LogP contribution >= 0.6 is 27.3 Å². The van der Waals surface area contributed by atoms with Gasteiger partial charge in [0.15, 0.2) is 0 Å². The molecule has 1 rings (SSSR count). The average molecular weight is 290 g/mol. The van der Waals surface area contributed by atoms with Crippen molar-refractivity contribution in [2.75, 3.05) is 10.6 Å². The topological polar surface area (TPSA) is 46.2 Å². The lowest BCUT2D eigenvalue weighted by atomic mass is 10.3. The molecule has 0 aliphatic heterocycles. The second kappa shape index (κ2) is 6.02. The molecule has 0 aromatic carbocycles. The lowest BCUT2D eigenvalue weighted by Gasteiger charge is -1.97. The van der Waals surface area contributed by atoms with Crippen molar-refractivity contribution in [3.63, 3.8) is 0 Å². The first-order valence-corrected chi connectivity index (χ1v) is 6.55. The quantitative estimate of drug-likeness (QED) is 0.847. The van der Waals surface area contributed by atoms with Crippen molar-refractivity contribution in [2.24, 2.45) is 0 Å². The molecule has 0 bridgehead atoms. The number of nitrogens with one attached hydrogen (secondary N) is 1. The van der Waals surface area contributed by atoms with Crippen molar-refractivity contribution in [3.8, 4) is 0 Å². The summed E-state index contributed by atoms with van der Waals surface area (Å²) in [6.45, 7) is 1.80. The molecule has 0 saturated carbocycles. The van der Waals surface area contributed by atoms with E-state index in [4.69, 9.17) is 0 Å². The fraction of sp³-hybridized carbons (Fsp3) is 0.400. The summed E-state index contributed by atoms with van der Waals surface area (Å²) in [7, 11) is 0. The number of ketones is 1. The Morgan fingerprint density at radius 1 is 1.47 bits per heavy atom. The molecule has 15 heavy (non-hydrogen) atoms. The second-order valence-electron chi connectivity index (χ2n) is 3.02. The van der Waals surface area contributed by atoms with Gasteiger partial charge in [0.1, 0.15) is 5.78 Å².